The molecule has 20 heavy (non-hydrogen) atoms. The molecule has 0 unspecified atom stereocenters. The van der Waals surface area contributed by atoms with E-state index in [0.717, 1.165) is 23.0 Å². The maximum absolute atomic E-state index is 13.1. The minimum absolute atomic E-state index is 0.0363. The number of aromatic nitrogens is 2. The van der Waals surface area contributed by atoms with Crippen LogP contribution in [0.4, 0.5) is 23.3 Å². The molecular weight excluding hydrogens is 275 g/mol. The molecule has 1 aromatic carbocycles. The molecule has 2 aromatic rings. The largest absolute Gasteiger partial charge is 0.510 e. The molecule has 0 saturated carbocycles. The Balaban J connectivity index is 2.42. The maximum atomic E-state index is 13.1. The minimum Gasteiger partial charge on any atom is -0.445 e. The van der Waals surface area contributed by atoms with Crippen molar-refractivity contribution >= 4 is 24.6 Å². The molecule has 2 N–H and O–H groups in total. The third kappa shape index (κ3) is 2.98. The molecule has 1 heterocycles. The molecule has 0 bridgehead atoms. The summed E-state index contributed by atoms with van der Waals surface area (Å²) in [5, 5.41) is 3.76. The second-order valence-corrected chi connectivity index (χ2v) is 4.18. The topological polar surface area (TPSA) is 56.2 Å². The van der Waals surface area contributed by atoms with Gasteiger partial charge in [-0.3, -0.25) is 0 Å². The lowest BCUT2D eigenvalue weighted by atomic mass is 9.77. The summed E-state index contributed by atoms with van der Waals surface area (Å²) in [4.78, 5) is 3.85. The quantitative estimate of drug-likeness (QED) is 0.531. The molecule has 0 radical (unpaired) electrons. The van der Waals surface area contributed by atoms with Gasteiger partial charge in [-0.2, -0.15) is 5.10 Å². The zero-order chi connectivity index (χ0) is 14.9. The van der Waals surface area contributed by atoms with E-state index in [1.165, 1.54) is 6.20 Å². The van der Waals surface area contributed by atoms with Crippen molar-refractivity contribution in [3.63, 3.8) is 0 Å². The van der Waals surface area contributed by atoms with Gasteiger partial charge in [0.1, 0.15) is 5.82 Å². The Morgan fingerprint density at radius 1 is 1.35 bits per heavy atom. The molecule has 9 heteroatoms. The fraction of sp³-hybridized carbons (Fsp3) is 0.0909. The smallest absolute Gasteiger partial charge is 0.445 e. The van der Waals surface area contributed by atoms with E-state index in [1.807, 2.05) is 0 Å². The van der Waals surface area contributed by atoms with Crippen LogP contribution < -0.4 is 11.2 Å². The molecule has 106 valence electrons. The average Bonchev–Trinajstić information content (AvgIpc) is 2.63. The van der Waals surface area contributed by atoms with E-state index in [0.29, 0.717) is 11.8 Å². The van der Waals surface area contributed by atoms with Crippen LogP contribution >= 0.6 is 0 Å². The summed E-state index contributed by atoms with van der Waals surface area (Å²) in [7, 11) is 0. The van der Waals surface area contributed by atoms with E-state index in [1.54, 1.807) is 6.92 Å². The van der Waals surface area contributed by atoms with Crippen LogP contribution in [0.2, 0.25) is 0 Å². The van der Waals surface area contributed by atoms with Crippen LogP contribution in [0.25, 0.3) is 0 Å². The molecule has 0 aliphatic heterocycles. The van der Waals surface area contributed by atoms with Crippen LogP contribution in [-0.4, -0.2) is 22.9 Å². The first kappa shape index (κ1) is 14.1. The summed E-state index contributed by atoms with van der Waals surface area (Å²) in [6.45, 7) is -3.59. The Morgan fingerprint density at radius 2 is 2.05 bits per heavy atom. The highest BCUT2D eigenvalue weighted by atomic mass is 19.4. The third-order valence-electron chi connectivity index (χ3n) is 2.56. The number of imidazole rings is 1. The predicted octanol–water partition coefficient (Wildman–Crippen LogP) is 1.85. The van der Waals surface area contributed by atoms with Crippen molar-refractivity contribution in [2.75, 3.05) is 5.73 Å². The first-order valence-corrected chi connectivity index (χ1v) is 5.62. The van der Waals surface area contributed by atoms with Gasteiger partial charge in [-0.1, -0.05) is 11.5 Å². The highest BCUT2D eigenvalue weighted by Crippen LogP contribution is 2.13. The van der Waals surface area contributed by atoms with E-state index in [9.17, 15) is 17.3 Å². The van der Waals surface area contributed by atoms with E-state index in [2.05, 4.69) is 10.1 Å². The third-order valence-corrected chi connectivity index (χ3v) is 2.56. The molecule has 0 amide bonds. The number of rotatable bonds is 3. The molecule has 0 atom stereocenters. The van der Waals surface area contributed by atoms with E-state index >= 15 is 0 Å². The van der Waals surface area contributed by atoms with Gasteiger partial charge < -0.3 is 18.7 Å². The first-order valence-electron chi connectivity index (χ1n) is 5.62. The van der Waals surface area contributed by atoms with Gasteiger partial charge in [0, 0.05) is 0 Å². The van der Waals surface area contributed by atoms with Crippen molar-refractivity contribution in [2.24, 2.45) is 5.10 Å². The number of aryl methyl sites for hydroxylation is 1. The minimum atomic E-state index is -5.25. The molecule has 1 aromatic heterocycles. The monoisotopic (exact) mass is 285 g/mol. The zero-order valence-electron chi connectivity index (χ0n) is 10.4. The predicted molar refractivity (Wildman–Crippen MR) is 69.5 cm³/mol. The van der Waals surface area contributed by atoms with Gasteiger partial charge in [-0.25, -0.2) is 14.1 Å². The molecule has 0 spiro atoms. The summed E-state index contributed by atoms with van der Waals surface area (Å²) in [6, 6.07) is 2.23. The number of benzene rings is 1. The van der Waals surface area contributed by atoms with Crippen molar-refractivity contribution < 1.29 is 17.3 Å². The number of nitrogens with zero attached hydrogens (tertiary/aromatic N) is 3. The van der Waals surface area contributed by atoms with Crippen LogP contribution in [0.1, 0.15) is 11.3 Å². The fourth-order valence-corrected chi connectivity index (χ4v) is 1.68. The summed E-state index contributed by atoms with van der Waals surface area (Å²) in [5.41, 5.74) is 4.80. The van der Waals surface area contributed by atoms with Crippen LogP contribution in [0.15, 0.2) is 29.5 Å². The van der Waals surface area contributed by atoms with Crippen LogP contribution in [-0.2, 0) is 0 Å². The Kier molecular flexibility index (Phi) is 3.52. The Bertz CT molecular complexity index is 663. The van der Waals surface area contributed by atoms with Gasteiger partial charge >= 0.3 is 6.98 Å². The normalized spacial score (nSPS) is 12.2. The lowest BCUT2D eigenvalue weighted by Gasteiger charge is -2.17. The van der Waals surface area contributed by atoms with Crippen molar-refractivity contribution in [3.8, 4) is 0 Å². The maximum Gasteiger partial charge on any atom is 0.510 e. The number of hydrogen-bond donors (Lipinski definition) is 1. The Hall–Kier alpha value is -2.32. The average molecular weight is 285 g/mol. The Labute approximate surface area is 112 Å². The van der Waals surface area contributed by atoms with Gasteiger partial charge in [0.15, 0.2) is 0 Å². The van der Waals surface area contributed by atoms with E-state index in [-0.39, 0.29) is 11.5 Å². The number of nitrogen functional groups attached to an aromatic ring is 1. The Morgan fingerprint density at radius 3 is 2.60 bits per heavy atom. The number of halogens is 4. The number of nitrogens with two attached hydrogens (primary N) is 1. The molecule has 4 nitrogen and oxygen atoms in total. The molecule has 0 fully saturated rings. The molecule has 0 aliphatic rings. The standard InChI is InChI=1S/C11H10BF4N4/c1-7-6-20(11(17)19-7)18-5-8-4-9(13)2-3-10(8)12(14,15)16/h2-6H,1H3,(H2,17,19)/q-1. The molecular formula is C11H10BF4N4-. The van der Waals surface area contributed by atoms with Gasteiger partial charge in [0.2, 0.25) is 5.95 Å². The highest BCUT2D eigenvalue weighted by molar-refractivity contribution is 6.74. The highest BCUT2D eigenvalue weighted by Gasteiger charge is 2.28. The van der Waals surface area contributed by atoms with Crippen molar-refractivity contribution in [1.29, 1.82) is 0 Å². The van der Waals surface area contributed by atoms with Crippen LogP contribution in [0, 0.1) is 12.7 Å². The van der Waals surface area contributed by atoms with Crippen molar-refractivity contribution in [2.45, 2.75) is 6.92 Å². The first-order chi connectivity index (χ1) is 9.27. The van der Waals surface area contributed by atoms with Crippen molar-refractivity contribution in [3.05, 3.63) is 41.5 Å². The summed E-state index contributed by atoms with van der Waals surface area (Å²) >= 11 is 0. The lowest BCUT2D eigenvalue weighted by molar-refractivity contribution is 0.500. The van der Waals surface area contributed by atoms with Crippen LogP contribution in [0.5, 0.6) is 0 Å². The summed E-state index contributed by atoms with van der Waals surface area (Å²) in [5.74, 6) is -0.737. The van der Waals surface area contributed by atoms with E-state index < -0.39 is 18.3 Å². The van der Waals surface area contributed by atoms with Crippen LogP contribution in [0.3, 0.4) is 0 Å². The fourth-order valence-electron chi connectivity index (χ4n) is 1.68. The summed E-state index contributed by atoms with van der Waals surface area (Å²) < 4.78 is 52.7. The summed E-state index contributed by atoms with van der Waals surface area (Å²) in [6.07, 6.45) is 2.36. The van der Waals surface area contributed by atoms with Gasteiger partial charge in [-0.15, -0.1) is 0 Å². The molecule has 0 aliphatic carbocycles. The van der Waals surface area contributed by atoms with Gasteiger partial charge in [0.25, 0.3) is 0 Å². The second-order valence-electron chi connectivity index (χ2n) is 4.18. The van der Waals surface area contributed by atoms with Gasteiger partial charge in [0.05, 0.1) is 18.1 Å². The SMILES string of the molecule is Cc1cn(N=Cc2cc(F)ccc2[B-](F)(F)F)c(N)n1. The molecule has 2 rings (SSSR count). The lowest BCUT2D eigenvalue weighted by Crippen LogP contribution is -2.37. The second kappa shape index (κ2) is 4.99. The van der Waals surface area contributed by atoms with Gasteiger partial charge in [-0.05, 0) is 24.6 Å². The van der Waals surface area contributed by atoms with Crippen molar-refractivity contribution in [1.82, 2.24) is 9.66 Å². The van der Waals surface area contributed by atoms with E-state index in [4.69, 9.17) is 5.73 Å². The number of anilines is 1. The molecule has 0 saturated heterocycles. The number of hydrogen-bond acceptors (Lipinski definition) is 3. The zero-order valence-corrected chi connectivity index (χ0v) is 10.4.